The van der Waals surface area contributed by atoms with Gasteiger partial charge < -0.3 is 10.3 Å². The van der Waals surface area contributed by atoms with Gasteiger partial charge in [-0.25, -0.2) is 12.7 Å². The van der Waals surface area contributed by atoms with Gasteiger partial charge in [-0.2, -0.15) is 0 Å². The van der Waals surface area contributed by atoms with E-state index < -0.39 is 10.0 Å². The lowest BCUT2D eigenvalue weighted by atomic mass is 9.90. The van der Waals surface area contributed by atoms with Crippen LogP contribution in [-0.2, 0) is 15.8 Å². The third kappa shape index (κ3) is 2.68. The van der Waals surface area contributed by atoms with E-state index in [4.69, 9.17) is 10.3 Å². The molecule has 6 nitrogen and oxygen atoms in total. The minimum Gasteiger partial charge on any atom is -0.356 e. The maximum atomic E-state index is 12.6. The Balaban J connectivity index is 1.84. The van der Waals surface area contributed by atoms with Crippen LogP contribution in [0.3, 0.4) is 0 Å². The van der Waals surface area contributed by atoms with E-state index in [-0.39, 0.29) is 11.2 Å². The molecule has 1 saturated heterocycles. The van der Waals surface area contributed by atoms with Crippen LogP contribution in [0.25, 0.3) is 11.0 Å². The van der Waals surface area contributed by atoms with Gasteiger partial charge in [-0.15, -0.1) is 0 Å². The van der Waals surface area contributed by atoms with Gasteiger partial charge in [0.05, 0.1) is 0 Å². The predicted octanol–water partition coefficient (Wildman–Crippen LogP) is 1.33. The molecule has 0 aliphatic carbocycles. The van der Waals surface area contributed by atoms with Crippen molar-refractivity contribution in [2.24, 2.45) is 11.1 Å². The minimum atomic E-state index is -3.40. The van der Waals surface area contributed by atoms with E-state index in [1.165, 1.54) is 4.31 Å². The number of benzene rings is 1. The van der Waals surface area contributed by atoms with Gasteiger partial charge >= 0.3 is 0 Å². The summed E-state index contributed by atoms with van der Waals surface area (Å²) in [4.78, 5) is 0. The molecule has 0 saturated carbocycles. The first-order chi connectivity index (χ1) is 9.93. The van der Waals surface area contributed by atoms with Crippen molar-refractivity contribution in [3.05, 3.63) is 30.0 Å². The molecule has 0 radical (unpaired) electrons. The number of nitrogens with two attached hydrogens (primary N) is 1. The van der Waals surface area contributed by atoms with Crippen molar-refractivity contribution >= 4 is 21.0 Å². The van der Waals surface area contributed by atoms with Crippen LogP contribution < -0.4 is 5.73 Å². The molecule has 7 heteroatoms. The molecule has 1 fully saturated rings. The fourth-order valence-corrected chi connectivity index (χ4v) is 4.30. The van der Waals surface area contributed by atoms with E-state index in [1.807, 2.05) is 25.1 Å². The maximum absolute atomic E-state index is 12.6. The van der Waals surface area contributed by atoms with Crippen LogP contribution in [0.5, 0.6) is 0 Å². The molecule has 1 atom stereocenters. The Bertz CT molecular complexity index is 756. The van der Waals surface area contributed by atoms with Crippen LogP contribution in [0.15, 0.2) is 28.8 Å². The number of nitrogens with zero attached hydrogens (tertiary/aromatic N) is 2. The largest absolute Gasteiger partial charge is 0.356 e. The van der Waals surface area contributed by atoms with Crippen molar-refractivity contribution < 1.29 is 12.9 Å². The summed E-state index contributed by atoms with van der Waals surface area (Å²) in [5, 5.41) is 4.65. The summed E-state index contributed by atoms with van der Waals surface area (Å²) in [6.45, 7) is 3.51. The first-order valence-electron chi connectivity index (χ1n) is 6.95. The smallest absolute Gasteiger partial charge is 0.220 e. The average Bonchev–Trinajstić information content (AvgIpc) is 3.05. The summed E-state index contributed by atoms with van der Waals surface area (Å²) < 4.78 is 31.8. The normalized spacial score (nSPS) is 23.9. The third-order valence-electron chi connectivity index (χ3n) is 4.18. The fraction of sp³-hybridized carbons (Fsp3) is 0.500. The topological polar surface area (TPSA) is 89.4 Å². The Hall–Kier alpha value is -1.44. The minimum absolute atomic E-state index is 0.126. The maximum Gasteiger partial charge on any atom is 0.220 e. The highest BCUT2D eigenvalue weighted by atomic mass is 32.2. The lowest BCUT2D eigenvalue weighted by Gasteiger charge is -2.22. The molecule has 2 N–H and O–H groups in total. The summed E-state index contributed by atoms with van der Waals surface area (Å²) in [5.41, 5.74) is 6.68. The monoisotopic (exact) mass is 309 g/mol. The number of fused-ring (bicyclic) bond motifs is 1. The summed E-state index contributed by atoms with van der Waals surface area (Å²) in [7, 11) is -3.40. The molecule has 21 heavy (non-hydrogen) atoms. The van der Waals surface area contributed by atoms with Crippen LogP contribution in [-0.4, -0.2) is 37.5 Å². The SMILES string of the molecule is CC1(CN)CCN(S(=O)(=O)Cc2noc3ccccc23)C1. The van der Waals surface area contributed by atoms with E-state index in [0.717, 1.165) is 11.8 Å². The van der Waals surface area contributed by atoms with Crippen LogP contribution in [0.1, 0.15) is 19.0 Å². The zero-order chi connectivity index (χ0) is 15.1. The molecular weight excluding hydrogens is 290 g/mol. The van der Waals surface area contributed by atoms with Crippen LogP contribution in [0, 0.1) is 5.41 Å². The molecule has 2 heterocycles. The summed E-state index contributed by atoms with van der Waals surface area (Å²) in [6.07, 6.45) is 0.794. The van der Waals surface area contributed by atoms with Gasteiger partial charge in [0.2, 0.25) is 10.0 Å². The molecule has 0 bridgehead atoms. The van der Waals surface area contributed by atoms with Gasteiger partial charge in [0.1, 0.15) is 11.4 Å². The molecule has 1 aliphatic heterocycles. The zero-order valence-electron chi connectivity index (χ0n) is 11.9. The van der Waals surface area contributed by atoms with Gasteiger partial charge in [-0.3, -0.25) is 0 Å². The second-order valence-corrected chi connectivity index (χ2v) is 7.95. The molecule has 1 aromatic carbocycles. The number of hydrogen-bond donors (Lipinski definition) is 1. The molecule has 3 rings (SSSR count). The predicted molar refractivity (Wildman–Crippen MR) is 80.0 cm³/mol. The Kier molecular flexibility index (Phi) is 3.51. The highest BCUT2D eigenvalue weighted by Crippen LogP contribution is 2.31. The van der Waals surface area contributed by atoms with E-state index in [1.54, 1.807) is 6.07 Å². The van der Waals surface area contributed by atoms with Crippen molar-refractivity contribution in [2.75, 3.05) is 19.6 Å². The second kappa shape index (κ2) is 5.08. The number of aromatic nitrogens is 1. The molecule has 2 aromatic rings. The van der Waals surface area contributed by atoms with Crippen molar-refractivity contribution in [3.63, 3.8) is 0 Å². The van der Waals surface area contributed by atoms with Gasteiger partial charge in [0.15, 0.2) is 5.58 Å². The lowest BCUT2D eigenvalue weighted by molar-refractivity contribution is 0.349. The summed E-state index contributed by atoms with van der Waals surface area (Å²) >= 11 is 0. The fourth-order valence-electron chi connectivity index (χ4n) is 2.69. The molecule has 1 unspecified atom stereocenters. The van der Waals surface area contributed by atoms with Crippen molar-refractivity contribution in [1.82, 2.24) is 9.46 Å². The van der Waals surface area contributed by atoms with E-state index in [2.05, 4.69) is 5.16 Å². The van der Waals surface area contributed by atoms with Gasteiger partial charge in [0, 0.05) is 18.5 Å². The van der Waals surface area contributed by atoms with E-state index >= 15 is 0 Å². The second-order valence-electron chi connectivity index (χ2n) is 5.98. The zero-order valence-corrected chi connectivity index (χ0v) is 12.8. The standard InChI is InChI=1S/C14H19N3O3S/c1-14(9-15)6-7-17(10-14)21(18,19)8-12-11-4-2-3-5-13(11)20-16-12/h2-5H,6-10,15H2,1H3. The van der Waals surface area contributed by atoms with Crippen molar-refractivity contribution in [2.45, 2.75) is 19.1 Å². The van der Waals surface area contributed by atoms with Gasteiger partial charge in [-0.05, 0) is 30.5 Å². The highest BCUT2D eigenvalue weighted by Gasteiger charge is 2.38. The molecule has 114 valence electrons. The molecular formula is C14H19N3O3S. The Labute approximate surface area is 123 Å². The van der Waals surface area contributed by atoms with Crippen LogP contribution in [0.2, 0.25) is 0 Å². The van der Waals surface area contributed by atoms with Crippen molar-refractivity contribution in [1.29, 1.82) is 0 Å². The Morgan fingerprint density at radius 1 is 1.43 bits per heavy atom. The van der Waals surface area contributed by atoms with Crippen molar-refractivity contribution in [3.8, 4) is 0 Å². The quantitative estimate of drug-likeness (QED) is 0.920. The summed E-state index contributed by atoms with van der Waals surface area (Å²) in [6, 6.07) is 7.28. The Morgan fingerprint density at radius 2 is 2.19 bits per heavy atom. The molecule has 1 aromatic heterocycles. The number of hydrogen-bond acceptors (Lipinski definition) is 5. The highest BCUT2D eigenvalue weighted by molar-refractivity contribution is 7.88. The summed E-state index contributed by atoms with van der Waals surface area (Å²) in [5.74, 6) is -0.134. The third-order valence-corrected chi connectivity index (χ3v) is 5.92. The Morgan fingerprint density at radius 3 is 2.90 bits per heavy atom. The van der Waals surface area contributed by atoms with E-state index in [9.17, 15) is 8.42 Å². The van der Waals surface area contributed by atoms with E-state index in [0.29, 0.717) is 30.9 Å². The first-order valence-corrected chi connectivity index (χ1v) is 8.56. The lowest BCUT2D eigenvalue weighted by Crippen LogP contribution is -2.35. The van der Waals surface area contributed by atoms with Gasteiger partial charge in [-0.1, -0.05) is 24.2 Å². The van der Waals surface area contributed by atoms with Crippen LogP contribution in [0.4, 0.5) is 0 Å². The molecule has 1 aliphatic rings. The van der Waals surface area contributed by atoms with Gasteiger partial charge in [0.25, 0.3) is 0 Å². The number of sulfonamides is 1. The van der Waals surface area contributed by atoms with Crippen LogP contribution >= 0.6 is 0 Å². The first kappa shape index (κ1) is 14.5. The molecule has 0 spiro atoms. The average molecular weight is 309 g/mol. The number of para-hydroxylation sites is 1. The number of rotatable bonds is 4. The molecule has 0 amide bonds.